The van der Waals surface area contributed by atoms with Crippen molar-refractivity contribution in [2.24, 2.45) is 0 Å². The van der Waals surface area contributed by atoms with Crippen molar-refractivity contribution in [1.29, 1.82) is 0 Å². The van der Waals surface area contributed by atoms with Gasteiger partial charge in [-0.3, -0.25) is 19.7 Å². The first-order valence-corrected chi connectivity index (χ1v) is 11.2. The Bertz CT molecular complexity index is 951. The molecule has 2 amide bonds. The number of ether oxygens (including phenoxy) is 1. The van der Waals surface area contributed by atoms with E-state index in [-0.39, 0.29) is 23.5 Å². The molecule has 1 aromatic heterocycles. The molecule has 2 aliphatic rings. The van der Waals surface area contributed by atoms with Gasteiger partial charge in [-0.25, -0.2) is 0 Å². The second kappa shape index (κ2) is 9.44. The predicted molar refractivity (Wildman–Crippen MR) is 117 cm³/mol. The Hall–Kier alpha value is -2.98. The molecular formula is C21H24N4O5S. The number of carbonyl (C=O) groups is 2. The van der Waals surface area contributed by atoms with Gasteiger partial charge in [0.25, 0.3) is 17.5 Å². The zero-order valence-corrected chi connectivity index (χ0v) is 17.8. The van der Waals surface area contributed by atoms with E-state index in [2.05, 4.69) is 5.32 Å². The third kappa shape index (κ3) is 4.86. The van der Waals surface area contributed by atoms with Crippen LogP contribution in [-0.2, 0) is 4.74 Å². The predicted octanol–water partition coefficient (Wildman–Crippen LogP) is 2.53. The SMILES string of the molecule is O=C(NC1CCN(C(=O)c2cc([N+](=O)[O-])ccc2N2CCOCC2)CC1)c1ccsc1. The lowest BCUT2D eigenvalue weighted by atomic mass is 10.0. The number of nitro groups is 1. The van der Waals surface area contributed by atoms with Gasteiger partial charge in [0.15, 0.2) is 0 Å². The number of amides is 2. The molecule has 164 valence electrons. The number of carbonyl (C=O) groups excluding carboxylic acids is 2. The average molecular weight is 445 g/mol. The van der Waals surface area contributed by atoms with Gasteiger partial charge >= 0.3 is 0 Å². The van der Waals surface area contributed by atoms with Crippen LogP contribution in [0.1, 0.15) is 33.6 Å². The first kappa shape index (κ1) is 21.3. The zero-order valence-electron chi connectivity index (χ0n) is 17.0. The lowest BCUT2D eigenvalue weighted by Crippen LogP contribution is -2.47. The average Bonchev–Trinajstić information content (AvgIpc) is 3.34. The van der Waals surface area contributed by atoms with Crippen LogP contribution in [0.3, 0.4) is 0 Å². The van der Waals surface area contributed by atoms with Gasteiger partial charge < -0.3 is 19.9 Å². The summed E-state index contributed by atoms with van der Waals surface area (Å²) in [6, 6.07) is 6.25. The molecule has 2 aromatic rings. The maximum atomic E-state index is 13.3. The summed E-state index contributed by atoms with van der Waals surface area (Å²) in [7, 11) is 0. The van der Waals surface area contributed by atoms with E-state index < -0.39 is 4.92 Å². The lowest BCUT2D eigenvalue weighted by Gasteiger charge is -2.34. The van der Waals surface area contributed by atoms with Crippen molar-refractivity contribution >= 4 is 34.5 Å². The van der Waals surface area contributed by atoms with Crippen LogP contribution < -0.4 is 10.2 Å². The van der Waals surface area contributed by atoms with Gasteiger partial charge in [-0.1, -0.05) is 0 Å². The number of piperidine rings is 1. The summed E-state index contributed by atoms with van der Waals surface area (Å²) >= 11 is 1.47. The molecule has 0 spiro atoms. The first-order valence-electron chi connectivity index (χ1n) is 10.3. The number of nitrogens with zero attached hydrogens (tertiary/aromatic N) is 3. The van der Waals surface area contributed by atoms with E-state index in [0.717, 1.165) is 0 Å². The molecule has 0 aliphatic carbocycles. The standard InChI is InChI=1S/C21H24N4O5S/c26-20(15-5-12-31-14-15)22-16-3-6-24(7-4-16)21(27)18-13-17(25(28)29)1-2-19(18)23-8-10-30-11-9-23/h1-2,5,12-14,16H,3-4,6-11H2,(H,22,26). The minimum absolute atomic E-state index is 0.000253. The highest BCUT2D eigenvalue weighted by atomic mass is 32.1. The van der Waals surface area contributed by atoms with Crippen molar-refractivity contribution in [2.75, 3.05) is 44.3 Å². The fourth-order valence-electron chi connectivity index (χ4n) is 3.95. The molecule has 31 heavy (non-hydrogen) atoms. The molecule has 9 nitrogen and oxygen atoms in total. The maximum absolute atomic E-state index is 13.3. The Morgan fingerprint density at radius 1 is 1.13 bits per heavy atom. The molecule has 10 heteroatoms. The van der Waals surface area contributed by atoms with Crippen molar-refractivity contribution in [1.82, 2.24) is 10.2 Å². The fraction of sp³-hybridized carbons (Fsp3) is 0.429. The van der Waals surface area contributed by atoms with Crippen LogP contribution >= 0.6 is 11.3 Å². The molecule has 0 unspecified atom stereocenters. The minimum Gasteiger partial charge on any atom is -0.378 e. The number of anilines is 1. The van der Waals surface area contributed by atoms with Gasteiger partial charge in [0.1, 0.15) is 0 Å². The second-order valence-corrected chi connectivity index (χ2v) is 8.39. The van der Waals surface area contributed by atoms with E-state index in [0.29, 0.717) is 69.0 Å². The molecule has 1 N–H and O–H groups in total. The van der Waals surface area contributed by atoms with Crippen LogP contribution in [0.15, 0.2) is 35.0 Å². The first-order chi connectivity index (χ1) is 15.0. The smallest absolute Gasteiger partial charge is 0.270 e. The molecule has 0 bridgehead atoms. The van der Waals surface area contributed by atoms with Crippen molar-refractivity contribution in [3.8, 4) is 0 Å². The van der Waals surface area contributed by atoms with Crippen LogP contribution in [0.4, 0.5) is 11.4 Å². The Morgan fingerprint density at radius 3 is 2.52 bits per heavy atom. The fourth-order valence-corrected chi connectivity index (χ4v) is 4.58. The number of likely N-dealkylation sites (tertiary alicyclic amines) is 1. The van der Waals surface area contributed by atoms with Crippen LogP contribution in [-0.4, -0.2) is 67.1 Å². The molecule has 2 fully saturated rings. The van der Waals surface area contributed by atoms with Gasteiger partial charge in [-0.15, -0.1) is 0 Å². The summed E-state index contributed by atoms with van der Waals surface area (Å²) in [5.41, 5.74) is 1.59. The number of hydrogen-bond donors (Lipinski definition) is 1. The highest BCUT2D eigenvalue weighted by molar-refractivity contribution is 7.08. The molecule has 0 atom stereocenters. The van der Waals surface area contributed by atoms with Crippen LogP contribution in [0.5, 0.6) is 0 Å². The van der Waals surface area contributed by atoms with Gasteiger partial charge in [-0.2, -0.15) is 11.3 Å². The summed E-state index contributed by atoms with van der Waals surface area (Å²) in [5.74, 6) is -0.313. The summed E-state index contributed by atoms with van der Waals surface area (Å²) in [6.45, 7) is 3.35. The van der Waals surface area contributed by atoms with Crippen molar-refractivity contribution in [3.63, 3.8) is 0 Å². The quantitative estimate of drug-likeness (QED) is 0.561. The number of non-ortho nitro benzene ring substituents is 1. The van der Waals surface area contributed by atoms with Crippen LogP contribution in [0, 0.1) is 10.1 Å². The summed E-state index contributed by atoms with van der Waals surface area (Å²) in [5, 5.41) is 18.0. The third-order valence-electron chi connectivity index (χ3n) is 5.67. The molecule has 2 aliphatic heterocycles. The second-order valence-electron chi connectivity index (χ2n) is 7.61. The number of benzene rings is 1. The normalized spacial score (nSPS) is 17.4. The zero-order chi connectivity index (χ0) is 21.8. The number of rotatable bonds is 5. The van der Waals surface area contributed by atoms with Crippen LogP contribution in [0.25, 0.3) is 0 Å². The molecule has 2 saturated heterocycles. The van der Waals surface area contributed by atoms with Gasteiger partial charge in [-0.05, 0) is 30.4 Å². The number of nitro benzene ring substituents is 1. The molecule has 0 saturated carbocycles. The van der Waals surface area contributed by atoms with E-state index >= 15 is 0 Å². The van der Waals surface area contributed by atoms with E-state index in [1.54, 1.807) is 17.0 Å². The topological polar surface area (TPSA) is 105 Å². The van der Waals surface area contributed by atoms with Crippen molar-refractivity contribution < 1.29 is 19.2 Å². The monoisotopic (exact) mass is 444 g/mol. The van der Waals surface area contributed by atoms with Gasteiger partial charge in [0, 0.05) is 55.3 Å². The number of morpholine rings is 1. The summed E-state index contributed by atoms with van der Waals surface area (Å²) in [6.07, 6.45) is 1.28. The van der Waals surface area contributed by atoms with E-state index in [1.165, 1.54) is 23.5 Å². The Morgan fingerprint density at radius 2 is 1.87 bits per heavy atom. The van der Waals surface area contributed by atoms with Gasteiger partial charge in [0.05, 0.1) is 29.4 Å². The van der Waals surface area contributed by atoms with Gasteiger partial charge in [0.2, 0.25) is 0 Å². The van der Waals surface area contributed by atoms with Crippen molar-refractivity contribution in [3.05, 3.63) is 56.3 Å². The third-order valence-corrected chi connectivity index (χ3v) is 6.36. The Kier molecular flexibility index (Phi) is 6.47. The molecular weight excluding hydrogens is 420 g/mol. The Labute approximate surface area is 183 Å². The molecule has 1 aromatic carbocycles. The van der Waals surface area contributed by atoms with E-state index in [1.807, 2.05) is 15.7 Å². The largest absolute Gasteiger partial charge is 0.378 e. The van der Waals surface area contributed by atoms with Crippen molar-refractivity contribution in [2.45, 2.75) is 18.9 Å². The maximum Gasteiger partial charge on any atom is 0.270 e. The lowest BCUT2D eigenvalue weighted by molar-refractivity contribution is -0.384. The molecule has 4 rings (SSSR count). The molecule has 0 radical (unpaired) electrons. The van der Waals surface area contributed by atoms with E-state index in [9.17, 15) is 19.7 Å². The summed E-state index contributed by atoms with van der Waals surface area (Å²) in [4.78, 5) is 40.1. The number of nitrogens with one attached hydrogen (secondary N) is 1. The highest BCUT2D eigenvalue weighted by Crippen LogP contribution is 2.28. The number of thiophene rings is 1. The molecule has 3 heterocycles. The summed E-state index contributed by atoms with van der Waals surface area (Å²) < 4.78 is 5.39. The minimum atomic E-state index is -0.480. The van der Waals surface area contributed by atoms with Crippen LogP contribution in [0.2, 0.25) is 0 Å². The number of hydrogen-bond acceptors (Lipinski definition) is 7. The Balaban J connectivity index is 1.45. The van der Waals surface area contributed by atoms with E-state index in [4.69, 9.17) is 4.74 Å². The highest BCUT2D eigenvalue weighted by Gasteiger charge is 2.29.